The Morgan fingerprint density at radius 3 is 2.82 bits per heavy atom. The fourth-order valence-electron chi connectivity index (χ4n) is 2.37. The van der Waals surface area contributed by atoms with Gasteiger partial charge in [0.25, 0.3) is 0 Å². The van der Waals surface area contributed by atoms with Crippen LogP contribution in [0.2, 0.25) is 5.15 Å². The zero-order valence-corrected chi connectivity index (χ0v) is 10.9. The Kier molecular flexibility index (Phi) is 4.37. The summed E-state index contributed by atoms with van der Waals surface area (Å²) >= 11 is 6.04. The van der Waals surface area contributed by atoms with Crippen LogP contribution in [0, 0.1) is 5.92 Å². The number of piperidine rings is 1. The quantitative estimate of drug-likeness (QED) is 0.841. The van der Waals surface area contributed by atoms with Crippen molar-refractivity contribution in [3.8, 4) is 0 Å². The highest BCUT2D eigenvalue weighted by Crippen LogP contribution is 2.23. The van der Waals surface area contributed by atoms with Crippen LogP contribution in [0.5, 0.6) is 0 Å². The highest BCUT2D eigenvalue weighted by atomic mass is 35.5. The number of halogens is 1. The maximum atomic E-state index is 9.55. The van der Waals surface area contributed by atoms with Crippen molar-refractivity contribution >= 4 is 11.6 Å². The van der Waals surface area contributed by atoms with Crippen molar-refractivity contribution in [3.63, 3.8) is 0 Å². The Bertz CT molecular complexity index is 362. The lowest BCUT2D eigenvalue weighted by atomic mass is 9.92. The number of aromatic nitrogens is 1. The molecule has 1 fully saturated rings. The number of nitrogens with zero attached hydrogens (tertiary/aromatic N) is 2. The number of pyridine rings is 1. The molecule has 0 radical (unpaired) electrons. The van der Waals surface area contributed by atoms with Crippen molar-refractivity contribution in [2.75, 3.05) is 13.1 Å². The molecule has 4 heteroatoms. The molecule has 1 aliphatic rings. The third-order valence-corrected chi connectivity index (χ3v) is 3.89. The lowest BCUT2D eigenvalue weighted by molar-refractivity contribution is 0.0695. The third kappa shape index (κ3) is 3.41. The molecular weight excluding hydrogens is 236 g/mol. The lowest BCUT2D eigenvalue weighted by Crippen LogP contribution is -2.36. The predicted octanol–water partition coefficient (Wildman–Crippen LogP) is 2.33. The second-order valence-electron chi connectivity index (χ2n) is 4.81. The molecule has 1 saturated heterocycles. The molecule has 2 heterocycles. The van der Waals surface area contributed by atoms with Crippen molar-refractivity contribution in [1.82, 2.24) is 9.88 Å². The minimum absolute atomic E-state index is 0.181. The topological polar surface area (TPSA) is 36.4 Å². The molecule has 17 heavy (non-hydrogen) atoms. The Morgan fingerprint density at radius 2 is 2.24 bits per heavy atom. The zero-order valence-electron chi connectivity index (χ0n) is 10.1. The van der Waals surface area contributed by atoms with Gasteiger partial charge in [-0.05, 0) is 44.8 Å². The van der Waals surface area contributed by atoms with Gasteiger partial charge in [-0.2, -0.15) is 0 Å². The van der Waals surface area contributed by atoms with Crippen molar-refractivity contribution < 1.29 is 5.11 Å². The van der Waals surface area contributed by atoms with Crippen LogP contribution in [0.25, 0.3) is 0 Å². The van der Waals surface area contributed by atoms with E-state index in [0.717, 1.165) is 38.0 Å². The van der Waals surface area contributed by atoms with Crippen LogP contribution >= 0.6 is 11.6 Å². The molecule has 1 unspecified atom stereocenters. The molecule has 1 N–H and O–H groups in total. The van der Waals surface area contributed by atoms with Gasteiger partial charge in [-0.3, -0.25) is 4.90 Å². The van der Waals surface area contributed by atoms with E-state index in [-0.39, 0.29) is 6.10 Å². The highest BCUT2D eigenvalue weighted by molar-refractivity contribution is 6.30. The second kappa shape index (κ2) is 5.80. The van der Waals surface area contributed by atoms with Crippen LogP contribution in [0.3, 0.4) is 0 Å². The van der Waals surface area contributed by atoms with Gasteiger partial charge in [0.05, 0.1) is 6.10 Å². The number of hydrogen-bond donors (Lipinski definition) is 1. The molecule has 0 aromatic carbocycles. The maximum absolute atomic E-state index is 9.55. The molecule has 0 amide bonds. The Labute approximate surface area is 107 Å². The molecule has 0 spiro atoms. The maximum Gasteiger partial charge on any atom is 0.133 e. The van der Waals surface area contributed by atoms with Crippen molar-refractivity contribution in [2.24, 2.45) is 5.92 Å². The average molecular weight is 255 g/mol. The first-order valence-electron chi connectivity index (χ1n) is 6.16. The van der Waals surface area contributed by atoms with E-state index in [2.05, 4.69) is 9.88 Å². The van der Waals surface area contributed by atoms with Crippen molar-refractivity contribution in [2.45, 2.75) is 32.4 Å². The predicted molar refractivity (Wildman–Crippen MR) is 68.9 cm³/mol. The number of rotatable bonds is 3. The molecule has 2 rings (SSSR count). The number of aliphatic hydroxyl groups excluding tert-OH is 1. The Morgan fingerprint density at radius 1 is 1.53 bits per heavy atom. The summed E-state index contributed by atoms with van der Waals surface area (Å²) in [6.45, 7) is 4.80. The number of likely N-dealkylation sites (tertiary alicyclic amines) is 1. The summed E-state index contributed by atoms with van der Waals surface area (Å²) in [5.74, 6) is 0.454. The van der Waals surface area contributed by atoms with E-state index in [1.807, 2.05) is 19.1 Å². The molecule has 0 aliphatic carbocycles. The summed E-state index contributed by atoms with van der Waals surface area (Å²) in [6.07, 6.45) is 3.66. The van der Waals surface area contributed by atoms with Crippen LogP contribution in [0.15, 0.2) is 18.3 Å². The first-order chi connectivity index (χ1) is 8.16. The molecule has 1 aromatic rings. The minimum atomic E-state index is -0.181. The van der Waals surface area contributed by atoms with Crippen LogP contribution < -0.4 is 0 Å². The lowest BCUT2D eigenvalue weighted by Gasteiger charge is -2.33. The molecule has 1 aliphatic heterocycles. The van der Waals surface area contributed by atoms with Crippen molar-refractivity contribution in [3.05, 3.63) is 29.0 Å². The summed E-state index contributed by atoms with van der Waals surface area (Å²) in [4.78, 5) is 6.46. The molecule has 1 atom stereocenters. The van der Waals surface area contributed by atoms with Gasteiger partial charge >= 0.3 is 0 Å². The summed E-state index contributed by atoms with van der Waals surface area (Å²) in [6, 6.07) is 3.94. The summed E-state index contributed by atoms with van der Waals surface area (Å²) < 4.78 is 0. The standard InChI is InChI=1S/C13H19ClN2O/c1-10(17)11-4-7-16(8-5-11)9-12-3-2-6-15-13(12)14/h2-3,6,10-11,17H,4-5,7-9H2,1H3. The molecule has 94 valence electrons. The van der Waals surface area contributed by atoms with E-state index in [9.17, 15) is 5.11 Å². The second-order valence-corrected chi connectivity index (χ2v) is 5.17. The van der Waals surface area contributed by atoms with Gasteiger partial charge in [-0.1, -0.05) is 17.7 Å². The monoisotopic (exact) mass is 254 g/mol. The highest BCUT2D eigenvalue weighted by Gasteiger charge is 2.22. The van der Waals surface area contributed by atoms with Crippen LogP contribution in [-0.2, 0) is 6.54 Å². The Balaban J connectivity index is 1.88. The largest absolute Gasteiger partial charge is 0.393 e. The van der Waals surface area contributed by atoms with Gasteiger partial charge in [0.2, 0.25) is 0 Å². The zero-order chi connectivity index (χ0) is 12.3. The first kappa shape index (κ1) is 12.8. The first-order valence-corrected chi connectivity index (χ1v) is 6.54. The van der Waals surface area contributed by atoms with Gasteiger partial charge in [0, 0.05) is 18.3 Å². The Hall–Kier alpha value is -0.640. The average Bonchev–Trinajstić information content (AvgIpc) is 2.33. The molecule has 3 nitrogen and oxygen atoms in total. The fraction of sp³-hybridized carbons (Fsp3) is 0.615. The minimum Gasteiger partial charge on any atom is -0.393 e. The van der Waals surface area contributed by atoms with E-state index in [4.69, 9.17) is 11.6 Å². The summed E-state index contributed by atoms with van der Waals surface area (Å²) in [7, 11) is 0. The van der Waals surface area contributed by atoms with Crippen molar-refractivity contribution in [1.29, 1.82) is 0 Å². The van der Waals surface area contributed by atoms with Gasteiger partial charge in [-0.15, -0.1) is 0 Å². The van der Waals surface area contributed by atoms with Gasteiger partial charge < -0.3 is 5.11 Å². The van der Waals surface area contributed by atoms with E-state index < -0.39 is 0 Å². The van der Waals surface area contributed by atoms with Gasteiger partial charge in [0.15, 0.2) is 0 Å². The molecule has 0 saturated carbocycles. The normalized spacial score (nSPS) is 20.4. The third-order valence-electron chi connectivity index (χ3n) is 3.54. The molecule has 1 aromatic heterocycles. The fourth-order valence-corrected chi connectivity index (χ4v) is 2.55. The smallest absolute Gasteiger partial charge is 0.133 e. The number of hydrogen-bond acceptors (Lipinski definition) is 3. The summed E-state index contributed by atoms with van der Waals surface area (Å²) in [5, 5.41) is 10.1. The van der Waals surface area contributed by atoms with Crippen LogP contribution in [-0.4, -0.2) is 34.2 Å². The molecular formula is C13H19ClN2O. The van der Waals surface area contributed by atoms with Crippen LogP contribution in [0.4, 0.5) is 0 Å². The number of aliphatic hydroxyl groups is 1. The van der Waals surface area contributed by atoms with E-state index >= 15 is 0 Å². The van der Waals surface area contributed by atoms with Gasteiger partial charge in [-0.25, -0.2) is 4.98 Å². The van der Waals surface area contributed by atoms with Gasteiger partial charge in [0.1, 0.15) is 5.15 Å². The molecule has 0 bridgehead atoms. The summed E-state index contributed by atoms with van der Waals surface area (Å²) in [5.41, 5.74) is 1.09. The van der Waals surface area contributed by atoms with E-state index in [0.29, 0.717) is 11.1 Å². The van der Waals surface area contributed by atoms with Crippen LogP contribution in [0.1, 0.15) is 25.3 Å². The van der Waals surface area contributed by atoms with E-state index in [1.165, 1.54) is 0 Å². The van der Waals surface area contributed by atoms with E-state index in [1.54, 1.807) is 6.20 Å². The SMILES string of the molecule is CC(O)C1CCN(Cc2cccnc2Cl)CC1.